The number of carbonyl (C=O) groups is 2. The van der Waals surface area contributed by atoms with E-state index in [2.05, 4.69) is 10.3 Å². The lowest BCUT2D eigenvalue weighted by Gasteiger charge is -2.23. The van der Waals surface area contributed by atoms with Gasteiger partial charge in [0, 0.05) is 24.2 Å². The molecule has 0 radical (unpaired) electrons. The summed E-state index contributed by atoms with van der Waals surface area (Å²) in [4.78, 5) is 31.0. The van der Waals surface area contributed by atoms with E-state index in [1.165, 1.54) is 0 Å². The van der Waals surface area contributed by atoms with Crippen LogP contribution in [0.3, 0.4) is 0 Å². The maximum Gasteiger partial charge on any atom is 0.248 e. The van der Waals surface area contributed by atoms with Crippen LogP contribution in [-0.4, -0.2) is 34.3 Å². The molecule has 25 heavy (non-hydrogen) atoms. The summed E-state index contributed by atoms with van der Waals surface area (Å²) in [5.74, 6) is 0.684. The van der Waals surface area contributed by atoms with Crippen molar-refractivity contribution in [3.05, 3.63) is 48.7 Å². The predicted octanol–water partition coefficient (Wildman–Crippen LogP) is 3.09. The van der Waals surface area contributed by atoms with Gasteiger partial charge in [0.25, 0.3) is 0 Å². The highest BCUT2D eigenvalue weighted by atomic mass is 16.2. The van der Waals surface area contributed by atoms with Crippen LogP contribution in [0.4, 0.5) is 5.82 Å². The molecule has 128 valence electrons. The molecule has 5 nitrogen and oxygen atoms in total. The smallest absolute Gasteiger partial charge is 0.248 e. The van der Waals surface area contributed by atoms with Crippen molar-refractivity contribution >= 4 is 17.6 Å². The lowest BCUT2D eigenvalue weighted by Crippen LogP contribution is -2.43. The van der Waals surface area contributed by atoms with E-state index in [0.717, 1.165) is 36.8 Å². The second-order valence-corrected chi connectivity index (χ2v) is 6.75. The second kappa shape index (κ2) is 6.67. The number of rotatable bonds is 4. The molecule has 1 aromatic carbocycles. The van der Waals surface area contributed by atoms with E-state index < -0.39 is 0 Å². The second-order valence-electron chi connectivity index (χ2n) is 6.75. The maximum absolute atomic E-state index is 12.6. The Hall–Kier alpha value is -2.69. The van der Waals surface area contributed by atoms with Gasteiger partial charge in [0.05, 0.1) is 0 Å². The van der Waals surface area contributed by atoms with Gasteiger partial charge >= 0.3 is 0 Å². The molecule has 2 fully saturated rings. The molecule has 1 atom stereocenters. The summed E-state index contributed by atoms with van der Waals surface area (Å²) in [6.45, 7) is 0.688. The van der Waals surface area contributed by atoms with Crippen LogP contribution in [0.1, 0.15) is 25.7 Å². The van der Waals surface area contributed by atoms with Crippen LogP contribution in [-0.2, 0) is 9.59 Å². The van der Waals surface area contributed by atoms with Crippen LogP contribution in [0.15, 0.2) is 48.7 Å². The highest BCUT2D eigenvalue weighted by Crippen LogP contribution is 2.33. The average molecular weight is 335 g/mol. The molecular weight excluding hydrogens is 314 g/mol. The number of anilines is 1. The largest absolute Gasteiger partial charge is 0.330 e. The fourth-order valence-corrected chi connectivity index (χ4v) is 3.35. The fourth-order valence-electron chi connectivity index (χ4n) is 3.35. The summed E-state index contributed by atoms with van der Waals surface area (Å²) in [7, 11) is 0. The standard InChI is InChI=1S/C20H21N3O2/c24-19(17-7-4-12-23(17)20(25)15-8-9-15)22-18-11-10-16(13-21-18)14-5-2-1-3-6-14/h1-3,5-6,10-11,13,15,17H,4,7-9,12H2,(H,21,22,24)/t17-/m0/s1. The van der Waals surface area contributed by atoms with Crippen molar-refractivity contribution in [2.24, 2.45) is 5.92 Å². The van der Waals surface area contributed by atoms with Gasteiger partial charge in [-0.05, 0) is 43.4 Å². The zero-order valence-electron chi connectivity index (χ0n) is 14.0. The molecule has 5 heteroatoms. The van der Waals surface area contributed by atoms with Gasteiger partial charge in [0.1, 0.15) is 11.9 Å². The van der Waals surface area contributed by atoms with E-state index >= 15 is 0 Å². The van der Waals surface area contributed by atoms with Crippen LogP contribution >= 0.6 is 0 Å². The fraction of sp³-hybridized carbons (Fsp3) is 0.350. The molecule has 2 heterocycles. The Labute approximate surface area is 147 Å². The molecule has 1 N–H and O–H groups in total. The Morgan fingerprint density at radius 3 is 2.48 bits per heavy atom. The first-order chi connectivity index (χ1) is 12.2. The van der Waals surface area contributed by atoms with Crippen molar-refractivity contribution in [1.82, 2.24) is 9.88 Å². The molecule has 0 bridgehead atoms. The number of likely N-dealkylation sites (tertiary alicyclic amines) is 1. The lowest BCUT2D eigenvalue weighted by atomic mass is 10.1. The van der Waals surface area contributed by atoms with Crippen molar-refractivity contribution in [1.29, 1.82) is 0 Å². The third-order valence-corrected chi connectivity index (χ3v) is 4.89. The zero-order chi connectivity index (χ0) is 17.2. The first-order valence-electron chi connectivity index (χ1n) is 8.85. The first kappa shape index (κ1) is 15.8. The minimum atomic E-state index is -0.358. The van der Waals surface area contributed by atoms with Gasteiger partial charge in [-0.2, -0.15) is 0 Å². The van der Waals surface area contributed by atoms with E-state index in [9.17, 15) is 9.59 Å². The Bertz CT molecular complexity index is 769. The van der Waals surface area contributed by atoms with Gasteiger partial charge in [-0.25, -0.2) is 4.98 Å². The van der Waals surface area contributed by atoms with E-state index in [-0.39, 0.29) is 23.8 Å². The summed E-state index contributed by atoms with van der Waals surface area (Å²) < 4.78 is 0. The van der Waals surface area contributed by atoms with Gasteiger partial charge in [0.15, 0.2) is 0 Å². The van der Waals surface area contributed by atoms with Crippen molar-refractivity contribution in [2.75, 3.05) is 11.9 Å². The third kappa shape index (κ3) is 3.40. The summed E-state index contributed by atoms with van der Waals surface area (Å²) >= 11 is 0. The number of carbonyl (C=O) groups excluding carboxylic acids is 2. The summed E-state index contributed by atoms with van der Waals surface area (Å²) in [5.41, 5.74) is 2.09. The highest BCUT2D eigenvalue weighted by molar-refractivity contribution is 5.97. The van der Waals surface area contributed by atoms with Crippen LogP contribution in [0, 0.1) is 5.92 Å². The van der Waals surface area contributed by atoms with Crippen LogP contribution < -0.4 is 5.32 Å². The molecule has 1 aromatic heterocycles. The van der Waals surface area contributed by atoms with Gasteiger partial charge in [0.2, 0.25) is 11.8 Å². The van der Waals surface area contributed by atoms with Crippen LogP contribution in [0.2, 0.25) is 0 Å². The third-order valence-electron chi connectivity index (χ3n) is 4.89. The lowest BCUT2D eigenvalue weighted by molar-refractivity contribution is -0.137. The average Bonchev–Trinajstić information content (AvgIpc) is 3.38. The first-order valence-corrected chi connectivity index (χ1v) is 8.85. The van der Waals surface area contributed by atoms with Crippen LogP contribution in [0.5, 0.6) is 0 Å². The Morgan fingerprint density at radius 1 is 1.00 bits per heavy atom. The summed E-state index contributed by atoms with van der Waals surface area (Å²) in [6, 6.07) is 13.4. The molecule has 0 spiro atoms. The van der Waals surface area contributed by atoms with Crippen molar-refractivity contribution in [2.45, 2.75) is 31.7 Å². The number of pyridine rings is 1. The molecule has 2 aromatic rings. The Morgan fingerprint density at radius 2 is 1.80 bits per heavy atom. The minimum absolute atomic E-state index is 0.133. The normalized spacial score (nSPS) is 19.7. The van der Waals surface area contributed by atoms with E-state index in [1.54, 1.807) is 11.1 Å². The Kier molecular flexibility index (Phi) is 4.22. The van der Waals surface area contributed by atoms with Crippen molar-refractivity contribution < 1.29 is 9.59 Å². The van der Waals surface area contributed by atoms with Gasteiger partial charge in [-0.3, -0.25) is 9.59 Å². The molecule has 2 amide bonds. The predicted molar refractivity (Wildman–Crippen MR) is 95.8 cm³/mol. The molecule has 1 saturated carbocycles. The number of nitrogens with zero attached hydrogens (tertiary/aromatic N) is 2. The highest BCUT2D eigenvalue weighted by Gasteiger charge is 2.40. The number of amides is 2. The SMILES string of the molecule is O=C(Nc1ccc(-c2ccccc2)cn1)[C@@H]1CCCN1C(=O)C1CC1. The number of benzene rings is 1. The topological polar surface area (TPSA) is 62.3 Å². The summed E-state index contributed by atoms with van der Waals surface area (Å²) in [6.07, 6.45) is 5.30. The molecule has 1 aliphatic heterocycles. The number of aromatic nitrogens is 1. The minimum Gasteiger partial charge on any atom is -0.330 e. The van der Waals surface area contributed by atoms with E-state index in [0.29, 0.717) is 12.4 Å². The molecule has 1 saturated heterocycles. The maximum atomic E-state index is 12.6. The zero-order valence-corrected chi connectivity index (χ0v) is 14.0. The van der Waals surface area contributed by atoms with E-state index in [1.807, 2.05) is 42.5 Å². The van der Waals surface area contributed by atoms with Gasteiger partial charge < -0.3 is 10.2 Å². The van der Waals surface area contributed by atoms with Crippen LogP contribution in [0.25, 0.3) is 11.1 Å². The molecule has 4 rings (SSSR count). The summed E-state index contributed by atoms with van der Waals surface area (Å²) in [5, 5.41) is 2.86. The quantitative estimate of drug-likeness (QED) is 0.934. The molecule has 0 unspecified atom stereocenters. The van der Waals surface area contributed by atoms with Crippen molar-refractivity contribution in [3.63, 3.8) is 0 Å². The van der Waals surface area contributed by atoms with Gasteiger partial charge in [-0.1, -0.05) is 30.3 Å². The molecular formula is C20H21N3O2. The monoisotopic (exact) mass is 335 g/mol. The Balaban J connectivity index is 1.43. The number of hydrogen-bond acceptors (Lipinski definition) is 3. The van der Waals surface area contributed by atoms with Crippen molar-refractivity contribution in [3.8, 4) is 11.1 Å². The number of hydrogen-bond donors (Lipinski definition) is 1. The molecule has 2 aliphatic rings. The van der Waals surface area contributed by atoms with E-state index in [4.69, 9.17) is 0 Å². The number of nitrogens with one attached hydrogen (secondary N) is 1. The molecule has 1 aliphatic carbocycles. The van der Waals surface area contributed by atoms with Gasteiger partial charge in [-0.15, -0.1) is 0 Å².